The third-order valence-corrected chi connectivity index (χ3v) is 5.79. The minimum Gasteiger partial charge on any atom is -0.470 e. The van der Waals surface area contributed by atoms with Crippen LogP contribution in [0.2, 0.25) is 5.02 Å². The first kappa shape index (κ1) is 23.5. The second-order valence-electron chi connectivity index (χ2n) is 7.29. The van der Waals surface area contributed by atoms with Crippen molar-refractivity contribution in [3.05, 3.63) is 69.4 Å². The van der Waals surface area contributed by atoms with E-state index in [0.717, 1.165) is 10.2 Å². The van der Waals surface area contributed by atoms with Crippen molar-refractivity contribution in [1.29, 1.82) is 0 Å². The Labute approximate surface area is 207 Å². The molecule has 4 rings (SSSR count). The molecule has 11 nitrogen and oxygen atoms in total. The van der Waals surface area contributed by atoms with E-state index in [1.807, 2.05) is 6.92 Å². The van der Waals surface area contributed by atoms with Crippen LogP contribution in [-0.2, 0) is 20.8 Å². The van der Waals surface area contributed by atoms with Crippen LogP contribution in [0.1, 0.15) is 26.7 Å². The van der Waals surface area contributed by atoms with Gasteiger partial charge < -0.3 is 15.4 Å². The maximum absolute atomic E-state index is 12.9. The van der Waals surface area contributed by atoms with E-state index in [-0.39, 0.29) is 23.8 Å². The molecule has 0 aliphatic rings. The summed E-state index contributed by atoms with van der Waals surface area (Å²) in [6, 6.07) is 6.79. The molecule has 3 heterocycles. The fourth-order valence-electron chi connectivity index (χ4n) is 3.07. The smallest absolute Gasteiger partial charge is 0.276 e. The molecule has 1 aromatic carbocycles. The second kappa shape index (κ2) is 9.69. The SMILES string of the molecule is Cc1c(NC(=O)c2c(NC(=O)c3ccn(COc4ccc(Br)cc4Cl)n3)cnn2C)cnn1C. The molecule has 0 unspecified atom stereocenters. The minimum atomic E-state index is -0.500. The van der Waals surface area contributed by atoms with Crippen LogP contribution in [0.4, 0.5) is 11.4 Å². The van der Waals surface area contributed by atoms with Crippen molar-refractivity contribution in [2.75, 3.05) is 10.6 Å². The number of hydrogen-bond acceptors (Lipinski definition) is 6. The van der Waals surface area contributed by atoms with Crippen LogP contribution in [0.5, 0.6) is 5.75 Å². The lowest BCUT2D eigenvalue weighted by Gasteiger charge is -2.09. The fraction of sp³-hybridized carbons (Fsp3) is 0.190. The van der Waals surface area contributed by atoms with E-state index in [1.54, 1.807) is 49.4 Å². The zero-order chi connectivity index (χ0) is 24.4. The maximum Gasteiger partial charge on any atom is 0.276 e. The highest BCUT2D eigenvalue weighted by molar-refractivity contribution is 9.10. The van der Waals surface area contributed by atoms with Gasteiger partial charge in [-0.2, -0.15) is 15.3 Å². The highest BCUT2D eigenvalue weighted by Crippen LogP contribution is 2.28. The molecular formula is C21H20BrClN8O3. The molecule has 0 fully saturated rings. The Morgan fingerprint density at radius 2 is 1.76 bits per heavy atom. The molecule has 0 aliphatic carbocycles. The van der Waals surface area contributed by atoms with Crippen molar-refractivity contribution in [2.24, 2.45) is 14.1 Å². The van der Waals surface area contributed by atoms with Gasteiger partial charge in [0.25, 0.3) is 11.8 Å². The number of benzene rings is 1. The molecule has 0 bridgehead atoms. The number of aryl methyl sites for hydroxylation is 2. The van der Waals surface area contributed by atoms with E-state index in [9.17, 15) is 9.59 Å². The summed E-state index contributed by atoms with van der Waals surface area (Å²) in [7, 11) is 3.39. The summed E-state index contributed by atoms with van der Waals surface area (Å²) in [6.07, 6.45) is 4.56. The van der Waals surface area contributed by atoms with Crippen LogP contribution in [0, 0.1) is 6.92 Å². The molecule has 0 saturated carbocycles. The van der Waals surface area contributed by atoms with Gasteiger partial charge in [-0.1, -0.05) is 27.5 Å². The number of ether oxygens (including phenoxy) is 1. The molecule has 0 saturated heterocycles. The number of halogens is 2. The lowest BCUT2D eigenvalue weighted by atomic mass is 10.3. The number of nitrogens with zero attached hydrogens (tertiary/aromatic N) is 6. The Morgan fingerprint density at radius 1 is 1.06 bits per heavy atom. The van der Waals surface area contributed by atoms with Crippen molar-refractivity contribution in [1.82, 2.24) is 29.3 Å². The van der Waals surface area contributed by atoms with Crippen molar-refractivity contribution in [3.63, 3.8) is 0 Å². The van der Waals surface area contributed by atoms with E-state index in [4.69, 9.17) is 16.3 Å². The molecule has 176 valence electrons. The van der Waals surface area contributed by atoms with E-state index >= 15 is 0 Å². The molecule has 3 aromatic heterocycles. The predicted molar refractivity (Wildman–Crippen MR) is 129 cm³/mol. The number of amides is 2. The second-order valence-corrected chi connectivity index (χ2v) is 8.62. The van der Waals surface area contributed by atoms with E-state index < -0.39 is 11.8 Å². The molecule has 0 radical (unpaired) electrons. The Hall–Kier alpha value is -3.64. The Kier molecular flexibility index (Phi) is 6.70. The number of hydrogen-bond donors (Lipinski definition) is 2. The first-order valence-electron chi connectivity index (χ1n) is 9.97. The third-order valence-electron chi connectivity index (χ3n) is 5.01. The molecule has 2 N–H and O–H groups in total. The van der Waals surface area contributed by atoms with Gasteiger partial charge in [0.2, 0.25) is 0 Å². The number of carbonyl (C=O) groups is 2. The normalized spacial score (nSPS) is 10.9. The standard InChI is InChI=1S/C21H20BrClN8O3/c1-12-16(9-24-29(12)2)26-21(33)19-17(10-25-30(19)3)27-20(32)15-6-7-31(28-15)11-34-18-5-4-13(22)8-14(18)23/h4-10H,11H2,1-3H3,(H,26,33)(H,27,32). The first-order chi connectivity index (χ1) is 16.2. The van der Waals surface area contributed by atoms with Gasteiger partial charge in [0, 0.05) is 24.8 Å². The Morgan fingerprint density at radius 3 is 2.47 bits per heavy atom. The quantitative estimate of drug-likeness (QED) is 0.365. The zero-order valence-corrected chi connectivity index (χ0v) is 20.8. The Balaban J connectivity index is 1.43. The van der Waals surface area contributed by atoms with Crippen molar-refractivity contribution in [2.45, 2.75) is 13.7 Å². The fourth-order valence-corrected chi connectivity index (χ4v) is 3.80. The number of carbonyl (C=O) groups excluding carboxylic acids is 2. The van der Waals surface area contributed by atoms with Crippen molar-refractivity contribution >= 4 is 50.7 Å². The maximum atomic E-state index is 12.9. The van der Waals surface area contributed by atoms with Gasteiger partial charge in [0.15, 0.2) is 12.4 Å². The number of nitrogens with one attached hydrogen (secondary N) is 2. The molecule has 0 atom stereocenters. The van der Waals surface area contributed by atoms with Crippen LogP contribution in [0.25, 0.3) is 0 Å². The summed E-state index contributed by atoms with van der Waals surface area (Å²) >= 11 is 9.49. The predicted octanol–water partition coefficient (Wildman–Crippen LogP) is 3.62. The van der Waals surface area contributed by atoms with Gasteiger partial charge in [-0.05, 0) is 31.2 Å². The van der Waals surface area contributed by atoms with Crippen molar-refractivity contribution in [3.8, 4) is 5.75 Å². The summed E-state index contributed by atoms with van der Waals surface area (Å²) in [5.41, 5.74) is 1.93. The average Bonchev–Trinajstić information content (AvgIpc) is 3.49. The summed E-state index contributed by atoms with van der Waals surface area (Å²) in [4.78, 5) is 25.6. The zero-order valence-electron chi connectivity index (χ0n) is 18.4. The molecule has 13 heteroatoms. The topological polar surface area (TPSA) is 121 Å². The van der Waals surface area contributed by atoms with E-state index in [1.165, 1.54) is 21.6 Å². The lowest BCUT2D eigenvalue weighted by Crippen LogP contribution is -2.21. The summed E-state index contributed by atoms with van der Waals surface area (Å²) in [6.45, 7) is 1.89. The van der Waals surface area contributed by atoms with Gasteiger partial charge in [-0.3, -0.25) is 19.0 Å². The minimum absolute atomic E-state index is 0.0552. The molecule has 2 amide bonds. The van der Waals surface area contributed by atoms with Crippen molar-refractivity contribution < 1.29 is 14.3 Å². The average molecular weight is 548 g/mol. The first-order valence-corrected chi connectivity index (χ1v) is 11.1. The summed E-state index contributed by atoms with van der Waals surface area (Å²) in [5.74, 6) is -0.446. The largest absolute Gasteiger partial charge is 0.470 e. The van der Waals surface area contributed by atoms with Crippen LogP contribution >= 0.6 is 27.5 Å². The number of anilines is 2. The number of rotatable bonds is 7. The molecular weight excluding hydrogens is 528 g/mol. The highest BCUT2D eigenvalue weighted by atomic mass is 79.9. The van der Waals surface area contributed by atoms with Crippen LogP contribution in [0.15, 0.2) is 47.3 Å². The van der Waals surface area contributed by atoms with E-state index in [0.29, 0.717) is 16.5 Å². The monoisotopic (exact) mass is 546 g/mol. The van der Waals surface area contributed by atoms with Crippen LogP contribution < -0.4 is 15.4 Å². The summed E-state index contributed by atoms with van der Waals surface area (Å²) in [5, 5.41) is 18.3. The van der Waals surface area contributed by atoms with Gasteiger partial charge in [-0.25, -0.2) is 4.68 Å². The van der Waals surface area contributed by atoms with Gasteiger partial charge in [-0.15, -0.1) is 0 Å². The third kappa shape index (κ3) is 4.97. The van der Waals surface area contributed by atoms with Gasteiger partial charge in [0.1, 0.15) is 11.4 Å². The van der Waals surface area contributed by atoms with Crippen LogP contribution in [-0.4, -0.2) is 41.2 Å². The molecule has 0 aliphatic heterocycles. The van der Waals surface area contributed by atoms with Crippen LogP contribution in [0.3, 0.4) is 0 Å². The number of aromatic nitrogens is 6. The molecule has 4 aromatic rings. The highest BCUT2D eigenvalue weighted by Gasteiger charge is 2.21. The molecule has 0 spiro atoms. The van der Waals surface area contributed by atoms with Gasteiger partial charge in [0.05, 0.1) is 34.5 Å². The lowest BCUT2D eigenvalue weighted by molar-refractivity contribution is 0.101. The Bertz CT molecular complexity index is 1380. The van der Waals surface area contributed by atoms with Gasteiger partial charge >= 0.3 is 0 Å². The summed E-state index contributed by atoms with van der Waals surface area (Å²) < 4.78 is 11.0. The van der Waals surface area contributed by atoms with E-state index in [2.05, 4.69) is 41.9 Å². The molecule has 34 heavy (non-hydrogen) atoms.